The average molecular weight is 335 g/mol. The second kappa shape index (κ2) is 8.15. The number of epoxide rings is 1. The summed E-state index contributed by atoms with van der Waals surface area (Å²) in [7, 11) is 0. The zero-order valence-electron chi connectivity index (χ0n) is 14.1. The normalized spacial score (nSPS) is 20.6. The molecule has 0 spiro atoms. The molecular formula is C18H25NO5. The Kier molecular flexibility index (Phi) is 6.20. The minimum atomic E-state index is -1.02. The molecule has 1 aliphatic rings. The lowest BCUT2D eigenvalue weighted by Gasteiger charge is -2.15. The first-order chi connectivity index (χ1) is 11.4. The molecule has 3 N–H and O–H groups in total. The highest BCUT2D eigenvalue weighted by molar-refractivity contribution is 5.83. The van der Waals surface area contributed by atoms with Crippen LogP contribution in [-0.2, 0) is 20.7 Å². The topological polar surface area (TPSA) is 99.2 Å². The molecule has 6 heteroatoms. The molecule has 1 aliphatic heterocycles. The first-order valence-electron chi connectivity index (χ1n) is 8.32. The quantitative estimate of drug-likeness (QED) is 0.599. The number of benzene rings is 1. The van der Waals surface area contributed by atoms with E-state index in [2.05, 4.69) is 19.2 Å². The number of phenolic OH excluding ortho intramolecular Hbond substituents is 1. The lowest BCUT2D eigenvalue weighted by Crippen LogP contribution is -2.36. The van der Waals surface area contributed by atoms with Gasteiger partial charge in [0.2, 0.25) is 5.91 Å². The van der Waals surface area contributed by atoms with Crippen LogP contribution in [0.1, 0.15) is 32.3 Å². The number of aromatic hydroxyl groups is 1. The first-order valence-corrected chi connectivity index (χ1v) is 8.32. The maximum absolute atomic E-state index is 12.4. The molecule has 0 bridgehead atoms. The third-order valence-corrected chi connectivity index (χ3v) is 4.20. The molecule has 0 unspecified atom stereocenters. The molecule has 24 heavy (non-hydrogen) atoms. The number of hydrogen-bond acceptors (Lipinski definition) is 4. The van der Waals surface area contributed by atoms with Crippen LogP contribution in [0.4, 0.5) is 0 Å². The van der Waals surface area contributed by atoms with Crippen molar-refractivity contribution in [2.24, 2.45) is 11.8 Å². The van der Waals surface area contributed by atoms with Crippen molar-refractivity contribution in [1.29, 1.82) is 0 Å². The molecule has 0 aromatic heterocycles. The highest BCUT2D eigenvalue weighted by atomic mass is 16.6. The number of aryl methyl sites for hydroxylation is 1. The van der Waals surface area contributed by atoms with E-state index >= 15 is 0 Å². The second-order valence-corrected chi connectivity index (χ2v) is 6.64. The van der Waals surface area contributed by atoms with E-state index in [1.54, 1.807) is 24.3 Å². The van der Waals surface area contributed by atoms with Crippen LogP contribution >= 0.6 is 0 Å². The highest BCUT2D eigenvalue weighted by Gasteiger charge is 2.52. The molecule has 3 atom stereocenters. The molecule has 0 saturated carbocycles. The van der Waals surface area contributed by atoms with Crippen molar-refractivity contribution in [3.63, 3.8) is 0 Å². The third kappa shape index (κ3) is 5.23. The van der Waals surface area contributed by atoms with Gasteiger partial charge in [0.25, 0.3) is 0 Å². The van der Waals surface area contributed by atoms with Gasteiger partial charge in [-0.1, -0.05) is 26.0 Å². The van der Waals surface area contributed by atoms with Crippen LogP contribution in [0.5, 0.6) is 5.75 Å². The van der Waals surface area contributed by atoms with Crippen molar-refractivity contribution in [3.8, 4) is 5.75 Å². The minimum absolute atomic E-state index is 0.150. The number of phenols is 1. The van der Waals surface area contributed by atoms with Gasteiger partial charge in [0.05, 0.1) is 5.92 Å². The number of carbonyl (C=O) groups is 2. The fraction of sp³-hybridized carbons (Fsp3) is 0.556. The van der Waals surface area contributed by atoms with Gasteiger partial charge in [-0.15, -0.1) is 0 Å². The van der Waals surface area contributed by atoms with Crippen molar-refractivity contribution in [2.45, 2.75) is 45.3 Å². The maximum Gasteiger partial charge on any atom is 0.335 e. The Bertz CT molecular complexity index is 569. The van der Waals surface area contributed by atoms with Crippen molar-refractivity contribution in [3.05, 3.63) is 29.8 Å². The molecule has 0 radical (unpaired) electrons. The van der Waals surface area contributed by atoms with Gasteiger partial charge >= 0.3 is 5.97 Å². The van der Waals surface area contributed by atoms with Crippen molar-refractivity contribution < 1.29 is 24.5 Å². The smallest absolute Gasteiger partial charge is 0.335 e. The molecule has 1 fully saturated rings. The second-order valence-electron chi connectivity index (χ2n) is 6.64. The molecule has 6 nitrogen and oxygen atoms in total. The molecule has 1 aromatic carbocycles. The Labute approximate surface area is 141 Å². The minimum Gasteiger partial charge on any atom is -0.508 e. The highest BCUT2D eigenvalue weighted by Crippen LogP contribution is 2.33. The third-order valence-electron chi connectivity index (χ3n) is 4.20. The summed E-state index contributed by atoms with van der Waals surface area (Å²) in [5.41, 5.74) is 0.986. The van der Waals surface area contributed by atoms with Crippen LogP contribution in [0.3, 0.4) is 0 Å². The van der Waals surface area contributed by atoms with Crippen molar-refractivity contribution in [1.82, 2.24) is 5.32 Å². The van der Waals surface area contributed by atoms with Gasteiger partial charge < -0.3 is 20.3 Å². The Balaban J connectivity index is 1.94. The van der Waals surface area contributed by atoms with E-state index in [1.165, 1.54) is 0 Å². The number of carbonyl (C=O) groups excluding carboxylic acids is 1. The SMILES string of the molecule is CC(C)CCNC(=O)[C@H](CCc1ccc(O)cc1)[C@@H]1O[C@@H]1C(=O)O. The predicted octanol–water partition coefficient (Wildman–Crippen LogP) is 1.96. The van der Waals surface area contributed by atoms with Crippen LogP contribution in [0.2, 0.25) is 0 Å². The number of amides is 1. The fourth-order valence-electron chi connectivity index (χ4n) is 2.67. The molecular weight excluding hydrogens is 310 g/mol. The van der Waals surface area contributed by atoms with Gasteiger partial charge in [-0.05, 0) is 42.9 Å². The van der Waals surface area contributed by atoms with Crippen LogP contribution in [-0.4, -0.2) is 40.8 Å². The average Bonchev–Trinajstić information content (AvgIpc) is 3.29. The van der Waals surface area contributed by atoms with E-state index in [0.29, 0.717) is 25.3 Å². The summed E-state index contributed by atoms with van der Waals surface area (Å²) in [6.45, 7) is 4.74. The van der Waals surface area contributed by atoms with Crippen LogP contribution in [0, 0.1) is 11.8 Å². The maximum atomic E-state index is 12.4. The summed E-state index contributed by atoms with van der Waals surface area (Å²) in [6.07, 6.45) is 0.565. The van der Waals surface area contributed by atoms with E-state index in [9.17, 15) is 14.7 Å². The van der Waals surface area contributed by atoms with Crippen LogP contribution in [0.15, 0.2) is 24.3 Å². The lowest BCUT2D eigenvalue weighted by atomic mass is 9.93. The van der Waals surface area contributed by atoms with Crippen molar-refractivity contribution in [2.75, 3.05) is 6.54 Å². The number of carboxylic acids is 1. The molecule has 1 amide bonds. The zero-order chi connectivity index (χ0) is 17.7. The summed E-state index contributed by atoms with van der Waals surface area (Å²) >= 11 is 0. The number of carboxylic acid groups (broad SMARTS) is 1. The summed E-state index contributed by atoms with van der Waals surface area (Å²) in [5, 5.41) is 21.2. The van der Waals surface area contributed by atoms with Crippen LogP contribution in [0.25, 0.3) is 0 Å². The Morgan fingerprint density at radius 2 is 1.88 bits per heavy atom. The van der Waals surface area contributed by atoms with E-state index in [1.807, 2.05) is 0 Å². The van der Waals surface area contributed by atoms with E-state index in [4.69, 9.17) is 9.84 Å². The zero-order valence-corrected chi connectivity index (χ0v) is 14.1. The Hall–Kier alpha value is -2.08. The van der Waals surface area contributed by atoms with Crippen molar-refractivity contribution >= 4 is 11.9 Å². The summed E-state index contributed by atoms with van der Waals surface area (Å²) in [4.78, 5) is 23.5. The molecule has 132 valence electrons. The number of ether oxygens (including phenoxy) is 1. The van der Waals surface area contributed by atoms with Gasteiger partial charge in [-0.25, -0.2) is 4.79 Å². The Morgan fingerprint density at radius 1 is 1.21 bits per heavy atom. The molecule has 1 aromatic rings. The molecule has 1 saturated heterocycles. The van der Waals surface area contributed by atoms with Gasteiger partial charge in [0, 0.05) is 6.54 Å². The molecule has 0 aliphatic carbocycles. The van der Waals surface area contributed by atoms with Gasteiger partial charge in [0.1, 0.15) is 11.9 Å². The van der Waals surface area contributed by atoms with Gasteiger partial charge in [0.15, 0.2) is 6.10 Å². The van der Waals surface area contributed by atoms with E-state index in [0.717, 1.165) is 12.0 Å². The fourth-order valence-corrected chi connectivity index (χ4v) is 2.67. The number of hydrogen-bond donors (Lipinski definition) is 3. The monoisotopic (exact) mass is 335 g/mol. The van der Waals surface area contributed by atoms with Crippen LogP contribution < -0.4 is 5.32 Å². The standard InChI is InChI=1S/C18H25NO5/c1-11(2)9-10-19-17(21)14(15-16(24-15)18(22)23)8-5-12-3-6-13(20)7-4-12/h3-4,6-7,11,14-16,20H,5,8-10H2,1-2H3,(H,19,21)(H,22,23)/t14-,15+,16+/m1/s1. The first kappa shape index (κ1) is 18.3. The summed E-state index contributed by atoms with van der Waals surface area (Å²) in [5.74, 6) is -0.970. The Morgan fingerprint density at radius 3 is 2.42 bits per heavy atom. The number of aliphatic carboxylic acids is 1. The largest absolute Gasteiger partial charge is 0.508 e. The van der Waals surface area contributed by atoms with E-state index in [-0.39, 0.29) is 11.7 Å². The molecule has 2 rings (SSSR count). The molecule has 1 heterocycles. The lowest BCUT2D eigenvalue weighted by molar-refractivity contribution is -0.138. The van der Waals surface area contributed by atoms with E-state index < -0.39 is 24.1 Å². The summed E-state index contributed by atoms with van der Waals surface area (Å²) < 4.78 is 5.20. The summed E-state index contributed by atoms with van der Waals surface area (Å²) in [6, 6.07) is 6.79. The number of rotatable bonds is 9. The predicted molar refractivity (Wildman–Crippen MR) is 88.7 cm³/mol. The van der Waals surface area contributed by atoms with Gasteiger partial charge in [-0.3, -0.25) is 4.79 Å². The number of nitrogens with one attached hydrogen (secondary N) is 1. The van der Waals surface area contributed by atoms with Gasteiger partial charge in [-0.2, -0.15) is 0 Å².